The number of Topliss-reactive ketones (excluding diaryl/α,β-unsaturated/α-hetero) is 1. The van der Waals surface area contributed by atoms with Gasteiger partial charge in [-0.1, -0.05) is 24.3 Å². The molecule has 2 N–H and O–H groups in total. The summed E-state index contributed by atoms with van der Waals surface area (Å²) in [6.07, 6.45) is 5.81. The van der Waals surface area contributed by atoms with E-state index in [-0.39, 0.29) is 5.78 Å². The Kier molecular flexibility index (Phi) is 3.24. The average Bonchev–Trinajstić information content (AvgIpc) is 2.18. The summed E-state index contributed by atoms with van der Waals surface area (Å²) in [4.78, 5) is 11.0. The molecule has 2 heteroatoms. The SMILES string of the molecule is C#CC(=O)c1ccc(CCN)cc1. The predicted octanol–water partition coefficient (Wildman–Crippen LogP) is 1.00. The Morgan fingerprint density at radius 2 is 2.00 bits per heavy atom. The number of ketones is 1. The molecule has 0 saturated heterocycles. The first-order valence-electron chi connectivity index (χ1n) is 4.08. The molecule has 2 nitrogen and oxygen atoms in total. The minimum absolute atomic E-state index is 0.278. The lowest BCUT2D eigenvalue weighted by atomic mass is 10.1. The van der Waals surface area contributed by atoms with Crippen molar-refractivity contribution in [2.24, 2.45) is 5.73 Å². The number of hydrogen-bond acceptors (Lipinski definition) is 2. The fourth-order valence-electron chi connectivity index (χ4n) is 1.07. The van der Waals surface area contributed by atoms with Crippen molar-refractivity contribution in [2.45, 2.75) is 6.42 Å². The summed E-state index contributed by atoms with van der Waals surface area (Å²) in [6.45, 7) is 0.614. The number of terminal acetylenes is 1. The van der Waals surface area contributed by atoms with E-state index < -0.39 is 0 Å². The third-order valence-electron chi connectivity index (χ3n) is 1.78. The number of rotatable bonds is 3. The highest BCUT2D eigenvalue weighted by molar-refractivity contribution is 6.08. The molecule has 0 bridgehead atoms. The van der Waals surface area contributed by atoms with Crippen LogP contribution in [0.4, 0.5) is 0 Å². The highest BCUT2D eigenvalue weighted by Crippen LogP contribution is 2.04. The molecule has 0 aromatic heterocycles. The summed E-state index contributed by atoms with van der Waals surface area (Å²) in [5.74, 6) is 1.79. The summed E-state index contributed by atoms with van der Waals surface area (Å²) in [6, 6.07) is 7.20. The molecule has 0 aliphatic heterocycles. The van der Waals surface area contributed by atoms with E-state index >= 15 is 0 Å². The Balaban J connectivity index is 2.82. The van der Waals surface area contributed by atoms with E-state index in [0.717, 1.165) is 12.0 Å². The average molecular weight is 173 g/mol. The third kappa shape index (κ3) is 2.43. The lowest BCUT2D eigenvalue weighted by Crippen LogP contribution is -2.03. The van der Waals surface area contributed by atoms with Crippen LogP contribution < -0.4 is 5.73 Å². The molecule has 0 unspecified atom stereocenters. The highest BCUT2D eigenvalue weighted by atomic mass is 16.1. The van der Waals surface area contributed by atoms with Gasteiger partial charge in [-0.2, -0.15) is 0 Å². The molecular weight excluding hydrogens is 162 g/mol. The van der Waals surface area contributed by atoms with Crippen LogP contribution >= 0.6 is 0 Å². The van der Waals surface area contributed by atoms with Gasteiger partial charge in [-0.15, -0.1) is 6.42 Å². The van der Waals surface area contributed by atoms with Crippen LogP contribution in [0.3, 0.4) is 0 Å². The molecule has 0 atom stereocenters. The minimum atomic E-state index is -0.278. The minimum Gasteiger partial charge on any atom is -0.330 e. The number of nitrogens with two attached hydrogens (primary N) is 1. The van der Waals surface area contributed by atoms with Crippen LogP contribution in [0.5, 0.6) is 0 Å². The molecule has 0 saturated carbocycles. The molecule has 0 amide bonds. The molecule has 0 aliphatic carbocycles. The summed E-state index contributed by atoms with van der Waals surface area (Å²) >= 11 is 0. The fraction of sp³-hybridized carbons (Fsp3) is 0.182. The van der Waals surface area contributed by atoms with Crippen molar-refractivity contribution >= 4 is 5.78 Å². The normalized spacial score (nSPS) is 9.23. The fourth-order valence-corrected chi connectivity index (χ4v) is 1.07. The van der Waals surface area contributed by atoms with Crippen LogP contribution in [0, 0.1) is 12.3 Å². The zero-order valence-corrected chi connectivity index (χ0v) is 7.29. The van der Waals surface area contributed by atoms with Crippen molar-refractivity contribution in [1.82, 2.24) is 0 Å². The molecule has 0 fully saturated rings. The zero-order chi connectivity index (χ0) is 9.68. The van der Waals surface area contributed by atoms with E-state index in [9.17, 15) is 4.79 Å². The van der Waals surface area contributed by atoms with E-state index in [1.807, 2.05) is 12.1 Å². The lowest BCUT2D eigenvalue weighted by molar-refractivity contribution is 0.105. The Hall–Kier alpha value is -1.59. The largest absolute Gasteiger partial charge is 0.330 e. The summed E-state index contributed by atoms with van der Waals surface area (Å²) in [5.41, 5.74) is 7.07. The maximum Gasteiger partial charge on any atom is 0.235 e. The molecule has 13 heavy (non-hydrogen) atoms. The molecule has 1 rings (SSSR count). The summed E-state index contributed by atoms with van der Waals surface area (Å²) in [5, 5.41) is 0. The number of carbonyl (C=O) groups is 1. The molecule has 1 aromatic rings. The van der Waals surface area contributed by atoms with Gasteiger partial charge in [0.25, 0.3) is 0 Å². The second-order valence-corrected chi connectivity index (χ2v) is 2.71. The third-order valence-corrected chi connectivity index (χ3v) is 1.78. The van der Waals surface area contributed by atoms with Crippen LogP contribution in [0.15, 0.2) is 24.3 Å². The lowest BCUT2D eigenvalue weighted by Gasteiger charge is -1.98. The first-order valence-corrected chi connectivity index (χ1v) is 4.08. The summed E-state index contributed by atoms with van der Waals surface area (Å²) < 4.78 is 0. The van der Waals surface area contributed by atoms with Gasteiger partial charge in [-0.05, 0) is 24.4 Å². The zero-order valence-electron chi connectivity index (χ0n) is 7.29. The number of carbonyl (C=O) groups excluding carboxylic acids is 1. The van der Waals surface area contributed by atoms with Gasteiger partial charge in [0.15, 0.2) is 0 Å². The van der Waals surface area contributed by atoms with Crippen molar-refractivity contribution in [3.63, 3.8) is 0 Å². The van der Waals surface area contributed by atoms with Crippen LogP contribution in [0.2, 0.25) is 0 Å². The van der Waals surface area contributed by atoms with Crippen molar-refractivity contribution in [3.05, 3.63) is 35.4 Å². The topological polar surface area (TPSA) is 43.1 Å². The first-order chi connectivity index (χ1) is 6.27. The van der Waals surface area contributed by atoms with Gasteiger partial charge in [0.1, 0.15) is 0 Å². The van der Waals surface area contributed by atoms with Gasteiger partial charge in [-0.3, -0.25) is 4.79 Å². The second-order valence-electron chi connectivity index (χ2n) is 2.71. The molecule has 0 aliphatic rings. The van der Waals surface area contributed by atoms with Crippen molar-refractivity contribution < 1.29 is 4.79 Å². The van der Waals surface area contributed by atoms with Gasteiger partial charge in [0.2, 0.25) is 5.78 Å². The molecule has 66 valence electrons. The standard InChI is InChI=1S/C11H11NO/c1-2-11(13)10-5-3-9(4-6-10)7-8-12/h1,3-6H,7-8,12H2. The predicted molar refractivity (Wildman–Crippen MR) is 52.4 cm³/mol. The van der Waals surface area contributed by atoms with Crippen molar-refractivity contribution in [3.8, 4) is 12.3 Å². The maximum absolute atomic E-state index is 11.0. The van der Waals surface area contributed by atoms with E-state index in [4.69, 9.17) is 12.2 Å². The first kappa shape index (κ1) is 9.50. The van der Waals surface area contributed by atoms with Gasteiger partial charge in [0, 0.05) is 5.56 Å². The smallest absolute Gasteiger partial charge is 0.235 e. The van der Waals surface area contributed by atoms with Gasteiger partial charge in [0.05, 0.1) is 0 Å². The molecule has 1 aromatic carbocycles. The molecule has 0 spiro atoms. The molecule has 0 heterocycles. The van der Waals surface area contributed by atoms with Crippen LogP contribution in [0.25, 0.3) is 0 Å². The van der Waals surface area contributed by atoms with Crippen LogP contribution in [-0.4, -0.2) is 12.3 Å². The Labute approximate surface area is 77.8 Å². The highest BCUT2D eigenvalue weighted by Gasteiger charge is 2.00. The maximum atomic E-state index is 11.0. The Morgan fingerprint density at radius 1 is 1.38 bits per heavy atom. The number of hydrogen-bond donors (Lipinski definition) is 1. The van der Waals surface area contributed by atoms with E-state index in [2.05, 4.69) is 5.92 Å². The number of benzene rings is 1. The van der Waals surface area contributed by atoms with Gasteiger partial charge < -0.3 is 5.73 Å². The molecular formula is C11H11NO. The molecule has 0 radical (unpaired) electrons. The van der Waals surface area contributed by atoms with Crippen LogP contribution in [-0.2, 0) is 6.42 Å². The second kappa shape index (κ2) is 4.44. The van der Waals surface area contributed by atoms with Crippen molar-refractivity contribution in [2.75, 3.05) is 6.54 Å². The quantitative estimate of drug-likeness (QED) is 0.421. The van der Waals surface area contributed by atoms with Gasteiger partial charge >= 0.3 is 0 Å². The Bertz CT molecular complexity index is 332. The van der Waals surface area contributed by atoms with Gasteiger partial charge in [-0.25, -0.2) is 0 Å². The van der Waals surface area contributed by atoms with E-state index in [0.29, 0.717) is 12.1 Å². The Morgan fingerprint density at radius 3 is 2.46 bits per heavy atom. The van der Waals surface area contributed by atoms with Crippen LogP contribution in [0.1, 0.15) is 15.9 Å². The monoisotopic (exact) mass is 173 g/mol. The van der Waals surface area contributed by atoms with E-state index in [1.54, 1.807) is 12.1 Å². The van der Waals surface area contributed by atoms with Crippen molar-refractivity contribution in [1.29, 1.82) is 0 Å². The summed E-state index contributed by atoms with van der Waals surface area (Å²) in [7, 11) is 0. The van der Waals surface area contributed by atoms with E-state index in [1.165, 1.54) is 0 Å².